The van der Waals surface area contributed by atoms with Gasteiger partial charge in [0.1, 0.15) is 5.75 Å². The van der Waals surface area contributed by atoms with Crippen molar-refractivity contribution in [2.45, 2.75) is 19.4 Å². The predicted molar refractivity (Wildman–Crippen MR) is 87.9 cm³/mol. The molecule has 0 aliphatic heterocycles. The number of carbonyl (C=O) groups is 1. The number of ether oxygens (including phenoxy) is 1. The van der Waals surface area contributed by atoms with Crippen LogP contribution in [0.3, 0.4) is 0 Å². The van der Waals surface area contributed by atoms with Gasteiger partial charge >= 0.3 is 0 Å². The number of hydrogen-bond acceptors (Lipinski definition) is 4. The zero-order valence-corrected chi connectivity index (χ0v) is 13.1. The molecule has 2 aromatic rings. The Kier molecular flexibility index (Phi) is 5.54. The van der Waals surface area contributed by atoms with Crippen LogP contribution in [0.5, 0.6) is 5.75 Å². The Hall–Kier alpha value is -2.60. The predicted octanol–water partition coefficient (Wildman–Crippen LogP) is 4.04. The van der Waals surface area contributed by atoms with Crippen molar-refractivity contribution in [2.24, 2.45) is 0 Å². The lowest BCUT2D eigenvalue weighted by Gasteiger charge is -2.17. The van der Waals surface area contributed by atoms with E-state index in [1.54, 1.807) is 24.3 Å². The van der Waals surface area contributed by atoms with Crippen LogP contribution in [-0.4, -0.2) is 16.9 Å². The summed E-state index contributed by atoms with van der Waals surface area (Å²) >= 11 is 5.97. The van der Waals surface area contributed by atoms with E-state index in [1.165, 1.54) is 18.2 Å². The molecule has 0 saturated heterocycles. The number of rotatable bonds is 6. The molecular weight excluding hydrogens is 320 g/mol. The summed E-state index contributed by atoms with van der Waals surface area (Å²) in [5.74, 6) is 0.151. The summed E-state index contributed by atoms with van der Waals surface area (Å²) in [4.78, 5) is 22.6. The largest absolute Gasteiger partial charge is 0.481 e. The quantitative estimate of drug-likeness (QED) is 0.638. The van der Waals surface area contributed by atoms with Crippen LogP contribution in [0.1, 0.15) is 13.3 Å². The molecule has 0 unspecified atom stereocenters. The molecule has 7 heteroatoms. The van der Waals surface area contributed by atoms with E-state index in [2.05, 4.69) is 5.32 Å². The molecule has 0 aliphatic carbocycles. The van der Waals surface area contributed by atoms with Crippen molar-refractivity contribution in [3.05, 3.63) is 63.7 Å². The zero-order valence-electron chi connectivity index (χ0n) is 12.4. The number of carbonyl (C=O) groups excluding carboxylic acids is 1. The first kappa shape index (κ1) is 16.8. The molecule has 1 N–H and O–H groups in total. The van der Waals surface area contributed by atoms with E-state index in [0.29, 0.717) is 12.2 Å². The molecule has 120 valence electrons. The van der Waals surface area contributed by atoms with Crippen molar-refractivity contribution in [3.63, 3.8) is 0 Å². The second kappa shape index (κ2) is 7.60. The highest BCUT2D eigenvalue weighted by Crippen LogP contribution is 2.27. The van der Waals surface area contributed by atoms with Gasteiger partial charge in [0.2, 0.25) is 0 Å². The Bertz CT molecular complexity index is 706. The Balaban J connectivity index is 2.13. The molecule has 0 saturated carbocycles. The first-order valence-electron chi connectivity index (χ1n) is 6.97. The van der Waals surface area contributed by atoms with Crippen LogP contribution in [0.4, 0.5) is 11.4 Å². The molecule has 6 nitrogen and oxygen atoms in total. The van der Waals surface area contributed by atoms with Gasteiger partial charge < -0.3 is 10.1 Å². The number of anilines is 1. The van der Waals surface area contributed by atoms with E-state index in [4.69, 9.17) is 16.3 Å². The van der Waals surface area contributed by atoms with E-state index in [-0.39, 0.29) is 16.4 Å². The fourth-order valence-corrected chi connectivity index (χ4v) is 2.09. The number of amides is 1. The number of hydrogen-bond donors (Lipinski definition) is 1. The van der Waals surface area contributed by atoms with E-state index in [9.17, 15) is 14.9 Å². The number of nitro benzene ring substituents is 1. The van der Waals surface area contributed by atoms with E-state index in [1.807, 2.05) is 13.0 Å². The Morgan fingerprint density at radius 3 is 2.61 bits per heavy atom. The van der Waals surface area contributed by atoms with Crippen molar-refractivity contribution in [1.82, 2.24) is 0 Å². The average molecular weight is 335 g/mol. The first-order chi connectivity index (χ1) is 11.0. The van der Waals surface area contributed by atoms with Crippen LogP contribution in [-0.2, 0) is 4.79 Å². The molecule has 2 aromatic carbocycles. The minimum Gasteiger partial charge on any atom is -0.481 e. The van der Waals surface area contributed by atoms with Gasteiger partial charge in [-0.1, -0.05) is 36.7 Å². The van der Waals surface area contributed by atoms with Gasteiger partial charge in [0.25, 0.3) is 11.6 Å². The van der Waals surface area contributed by atoms with Gasteiger partial charge in [0.05, 0.1) is 15.6 Å². The summed E-state index contributed by atoms with van der Waals surface area (Å²) in [6.07, 6.45) is -0.291. The van der Waals surface area contributed by atoms with Crippen LogP contribution < -0.4 is 10.1 Å². The molecule has 0 radical (unpaired) electrons. The Morgan fingerprint density at radius 1 is 1.30 bits per heavy atom. The van der Waals surface area contributed by atoms with Crippen LogP contribution in [0.2, 0.25) is 5.02 Å². The fourth-order valence-electron chi connectivity index (χ4n) is 1.92. The number of halogens is 1. The fraction of sp³-hybridized carbons (Fsp3) is 0.188. The van der Waals surface area contributed by atoms with E-state index >= 15 is 0 Å². The van der Waals surface area contributed by atoms with Crippen molar-refractivity contribution in [1.29, 1.82) is 0 Å². The molecule has 0 aliphatic rings. The number of para-hydroxylation sites is 1. The van der Waals surface area contributed by atoms with Crippen LogP contribution in [0.15, 0.2) is 48.5 Å². The highest BCUT2D eigenvalue weighted by Gasteiger charge is 2.20. The van der Waals surface area contributed by atoms with Crippen LogP contribution >= 0.6 is 11.6 Å². The zero-order chi connectivity index (χ0) is 16.8. The number of nitrogens with one attached hydrogen (secondary N) is 1. The van der Waals surface area contributed by atoms with Crippen LogP contribution in [0.25, 0.3) is 0 Å². The lowest BCUT2D eigenvalue weighted by Crippen LogP contribution is -2.32. The maximum absolute atomic E-state index is 12.3. The van der Waals surface area contributed by atoms with Crippen molar-refractivity contribution >= 4 is 28.9 Å². The average Bonchev–Trinajstić information content (AvgIpc) is 2.55. The number of benzene rings is 2. The smallest absolute Gasteiger partial charge is 0.271 e. The maximum Gasteiger partial charge on any atom is 0.271 e. The molecule has 0 fully saturated rings. The molecule has 0 heterocycles. The summed E-state index contributed by atoms with van der Waals surface area (Å²) in [5, 5.41) is 13.6. The molecule has 2 rings (SSSR count). The summed E-state index contributed by atoms with van der Waals surface area (Å²) < 4.78 is 5.63. The Morgan fingerprint density at radius 2 is 2.00 bits per heavy atom. The summed E-state index contributed by atoms with van der Waals surface area (Å²) in [5.41, 5.74) is 0.0303. The second-order valence-electron chi connectivity index (χ2n) is 4.74. The molecule has 1 atom stereocenters. The van der Waals surface area contributed by atoms with Crippen LogP contribution in [0, 0.1) is 10.1 Å². The Labute approximate surface area is 138 Å². The van der Waals surface area contributed by atoms with Gasteiger partial charge in [-0.2, -0.15) is 0 Å². The number of non-ortho nitro benzene ring substituents is 1. The third-order valence-corrected chi connectivity index (χ3v) is 3.43. The normalized spacial score (nSPS) is 11.6. The van der Waals surface area contributed by atoms with Crippen molar-refractivity contribution in [2.75, 3.05) is 5.32 Å². The minimum atomic E-state index is -0.729. The van der Waals surface area contributed by atoms with Crippen molar-refractivity contribution in [3.8, 4) is 5.75 Å². The number of nitrogens with zero attached hydrogens (tertiary/aromatic N) is 1. The standard InChI is InChI=1S/C16H15ClN2O4/c1-2-15(23-12-6-4-3-5-7-12)16(20)18-14-10-11(19(21)22)8-9-13(14)17/h3-10,15H,2H2,1H3,(H,18,20)/t15-/m1/s1. The third-order valence-electron chi connectivity index (χ3n) is 3.10. The monoisotopic (exact) mass is 334 g/mol. The first-order valence-corrected chi connectivity index (χ1v) is 7.35. The van der Waals surface area contributed by atoms with Gasteiger partial charge in [-0.3, -0.25) is 14.9 Å². The van der Waals surface area contributed by atoms with Gasteiger partial charge in [-0.15, -0.1) is 0 Å². The maximum atomic E-state index is 12.3. The molecule has 0 spiro atoms. The molecular formula is C16H15ClN2O4. The third kappa shape index (κ3) is 4.43. The molecule has 0 aromatic heterocycles. The second-order valence-corrected chi connectivity index (χ2v) is 5.15. The summed E-state index contributed by atoms with van der Waals surface area (Å²) in [7, 11) is 0. The minimum absolute atomic E-state index is 0.151. The topological polar surface area (TPSA) is 81.5 Å². The van der Waals surface area contributed by atoms with Gasteiger partial charge in [0.15, 0.2) is 6.10 Å². The van der Waals surface area contributed by atoms with Crippen molar-refractivity contribution < 1.29 is 14.5 Å². The van der Waals surface area contributed by atoms with E-state index < -0.39 is 16.9 Å². The summed E-state index contributed by atoms with van der Waals surface area (Å²) in [6.45, 7) is 1.81. The van der Waals surface area contributed by atoms with E-state index in [0.717, 1.165) is 0 Å². The lowest BCUT2D eigenvalue weighted by molar-refractivity contribution is -0.384. The van der Waals surface area contributed by atoms with Gasteiger partial charge in [0, 0.05) is 12.1 Å². The highest BCUT2D eigenvalue weighted by atomic mass is 35.5. The van der Waals surface area contributed by atoms with Gasteiger partial charge in [-0.05, 0) is 24.6 Å². The number of nitro groups is 1. The SMILES string of the molecule is CC[C@@H](Oc1ccccc1)C(=O)Nc1cc([N+](=O)[O-])ccc1Cl. The molecule has 0 bridgehead atoms. The highest BCUT2D eigenvalue weighted by molar-refractivity contribution is 6.33. The summed E-state index contributed by atoms with van der Waals surface area (Å²) in [6, 6.07) is 12.8. The molecule has 1 amide bonds. The lowest BCUT2D eigenvalue weighted by atomic mass is 10.2. The molecule has 23 heavy (non-hydrogen) atoms. The van der Waals surface area contributed by atoms with Gasteiger partial charge in [-0.25, -0.2) is 0 Å².